The number of aromatic amines is 1. The van der Waals surface area contributed by atoms with Gasteiger partial charge in [0.25, 0.3) is 0 Å². The van der Waals surface area contributed by atoms with Gasteiger partial charge in [0.15, 0.2) is 0 Å². The van der Waals surface area contributed by atoms with E-state index in [0.29, 0.717) is 6.54 Å². The minimum Gasteiger partial charge on any atom is -0.465 e. The number of benzene rings is 3. The van der Waals surface area contributed by atoms with Crippen LogP contribution in [0.3, 0.4) is 0 Å². The van der Waals surface area contributed by atoms with Crippen molar-refractivity contribution in [2.24, 2.45) is 0 Å². The van der Waals surface area contributed by atoms with E-state index in [1.807, 2.05) is 49.3 Å². The van der Waals surface area contributed by atoms with Crippen molar-refractivity contribution in [3.05, 3.63) is 90.1 Å². The van der Waals surface area contributed by atoms with Crippen LogP contribution >= 0.6 is 24.4 Å². The van der Waals surface area contributed by atoms with Gasteiger partial charge in [-0.1, -0.05) is 48.2 Å². The Morgan fingerprint density at radius 2 is 1.78 bits per heavy atom. The van der Waals surface area contributed by atoms with Crippen molar-refractivity contribution >= 4 is 41.4 Å². The molecule has 0 bridgehead atoms. The van der Waals surface area contributed by atoms with Gasteiger partial charge < -0.3 is 20.3 Å². The van der Waals surface area contributed by atoms with Crippen LogP contribution in [0.5, 0.6) is 0 Å². The van der Waals surface area contributed by atoms with E-state index in [1.54, 1.807) is 0 Å². The van der Waals surface area contributed by atoms with Crippen molar-refractivity contribution in [3.63, 3.8) is 0 Å². The quantitative estimate of drug-likeness (QED) is 0.259. The molecule has 0 aliphatic rings. The molecule has 1 aromatic heterocycles. The number of nitrogens with one attached hydrogen (secondary N) is 2. The van der Waals surface area contributed by atoms with E-state index in [4.69, 9.17) is 5.11 Å². The van der Waals surface area contributed by atoms with Crippen LogP contribution in [-0.4, -0.2) is 35.2 Å². The molecule has 166 valence electrons. The first-order chi connectivity index (χ1) is 15.5. The summed E-state index contributed by atoms with van der Waals surface area (Å²) in [6.07, 6.45) is 1.05. The minimum atomic E-state index is -0.934. The second kappa shape index (κ2) is 11.7. The van der Waals surface area contributed by atoms with Crippen molar-refractivity contribution in [1.29, 1.82) is 0 Å². The largest absolute Gasteiger partial charge is 0.465 e. The summed E-state index contributed by atoms with van der Waals surface area (Å²) < 4.78 is 0. The lowest BCUT2D eigenvalue weighted by Crippen LogP contribution is -2.24. The van der Waals surface area contributed by atoms with Crippen LogP contribution in [0.1, 0.15) is 11.1 Å². The van der Waals surface area contributed by atoms with Crippen molar-refractivity contribution in [3.8, 4) is 0 Å². The standard InChI is InChI=1S/C16H16N2S.C9H11NO2S/c1-17-11-13-4-2-3-5-16(13)19-14-6-7-15-12(10-14)8-9-18-15;1-10(9(11)12)6-7-4-2-3-5-8(7)13/h2-10,17-18H,11H2,1H3;2-5,13H,6H2,1H3,(H,11,12). The van der Waals surface area contributed by atoms with Gasteiger partial charge in [0.1, 0.15) is 0 Å². The number of thiol groups is 1. The number of H-pyrrole nitrogens is 1. The molecule has 0 saturated heterocycles. The first kappa shape index (κ1) is 23.8. The Hall–Kier alpha value is -2.87. The molecule has 0 saturated carbocycles. The molecular weight excluding hydrogens is 438 g/mol. The molecule has 32 heavy (non-hydrogen) atoms. The van der Waals surface area contributed by atoms with Gasteiger partial charge in [-0.2, -0.15) is 0 Å². The summed E-state index contributed by atoms with van der Waals surface area (Å²) in [4.78, 5) is 18.4. The molecule has 5 nitrogen and oxygen atoms in total. The molecule has 4 aromatic rings. The lowest BCUT2D eigenvalue weighted by molar-refractivity contribution is 0.153. The molecule has 0 aliphatic heterocycles. The highest BCUT2D eigenvalue weighted by Crippen LogP contribution is 2.32. The molecule has 1 heterocycles. The Bertz CT molecular complexity index is 1180. The number of carboxylic acid groups (broad SMARTS) is 1. The van der Waals surface area contributed by atoms with Crippen LogP contribution in [0.25, 0.3) is 10.9 Å². The highest BCUT2D eigenvalue weighted by Gasteiger charge is 2.07. The molecule has 0 radical (unpaired) electrons. The average Bonchev–Trinajstić information content (AvgIpc) is 3.25. The van der Waals surface area contributed by atoms with Gasteiger partial charge in [0.05, 0.1) is 0 Å². The fourth-order valence-corrected chi connectivity index (χ4v) is 4.35. The number of nitrogens with zero attached hydrogens (tertiary/aromatic N) is 1. The number of carbonyl (C=O) groups is 1. The average molecular weight is 466 g/mol. The third-order valence-corrected chi connectivity index (χ3v) is 6.36. The molecule has 0 aliphatic carbocycles. The molecular formula is C25H27N3O2S2. The smallest absolute Gasteiger partial charge is 0.407 e. The van der Waals surface area contributed by atoms with E-state index in [1.165, 1.54) is 38.2 Å². The fraction of sp³-hybridized carbons (Fsp3) is 0.160. The summed E-state index contributed by atoms with van der Waals surface area (Å²) in [6.45, 7) is 1.27. The maximum absolute atomic E-state index is 10.5. The number of aromatic nitrogens is 1. The highest BCUT2D eigenvalue weighted by molar-refractivity contribution is 7.99. The second-order valence-electron chi connectivity index (χ2n) is 7.23. The topological polar surface area (TPSA) is 68.4 Å². The highest BCUT2D eigenvalue weighted by atomic mass is 32.2. The van der Waals surface area contributed by atoms with Crippen molar-refractivity contribution < 1.29 is 9.90 Å². The monoisotopic (exact) mass is 465 g/mol. The zero-order chi connectivity index (χ0) is 22.9. The Kier molecular flexibility index (Phi) is 8.67. The van der Waals surface area contributed by atoms with Crippen LogP contribution in [0.15, 0.2) is 93.7 Å². The molecule has 3 aromatic carbocycles. The zero-order valence-corrected chi connectivity index (χ0v) is 19.8. The fourth-order valence-electron chi connectivity index (χ4n) is 3.13. The van der Waals surface area contributed by atoms with E-state index in [-0.39, 0.29) is 0 Å². The zero-order valence-electron chi connectivity index (χ0n) is 18.1. The predicted octanol–water partition coefficient (Wildman–Crippen LogP) is 6.12. The second-order valence-corrected chi connectivity index (χ2v) is 8.83. The summed E-state index contributed by atoms with van der Waals surface area (Å²) >= 11 is 6.04. The summed E-state index contributed by atoms with van der Waals surface area (Å²) in [5.41, 5.74) is 3.44. The first-order valence-corrected chi connectivity index (χ1v) is 11.4. The maximum atomic E-state index is 10.5. The summed E-state index contributed by atoms with van der Waals surface area (Å²) in [5.74, 6) is 0. The third-order valence-electron chi connectivity index (χ3n) is 4.82. The van der Waals surface area contributed by atoms with E-state index in [0.717, 1.165) is 17.0 Å². The number of hydrogen-bond acceptors (Lipinski definition) is 4. The van der Waals surface area contributed by atoms with E-state index >= 15 is 0 Å². The van der Waals surface area contributed by atoms with Gasteiger partial charge in [-0.05, 0) is 54.6 Å². The van der Waals surface area contributed by atoms with E-state index < -0.39 is 6.09 Å². The van der Waals surface area contributed by atoms with Gasteiger partial charge in [-0.3, -0.25) is 0 Å². The van der Waals surface area contributed by atoms with Crippen LogP contribution in [-0.2, 0) is 13.1 Å². The van der Waals surface area contributed by atoms with E-state index in [2.05, 4.69) is 71.5 Å². The Balaban J connectivity index is 0.000000195. The maximum Gasteiger partial charge on any atom is 0.407 e. The lowest BCUT2D eigenvalue weighted by Gasteiger charge is -2.13. The van der Waals surface area contributed by atoms with Gasteiger partial charge in [0.2, 0.25) is 0 Å². The van der Waals surface area contributed by atoms with Crippen LogP contribution in [0, 0.1) is 0 Å². The Labute approximate surface area is 198 Å². The first-order valence-electron chi connectivity index (χ1n) is 10.2. The molecule has 0 spiro atoms. The van der Waals surface area contributed by atoms with E-state index in [9.17, 15) is 4.79 Å². The lowest BCUT2D eigenvalue weighted by atomic mass is 10.2. The van der Waals surface area contributed by atoms with Crippen molar-refractivity contribution in [2.45, 2.75) is 27.8 Å². The molecule has 0 fully saturated rings. The summed E-state index contributed by atoms with van der Waals surface area (Å²) in [5, 5.41) is 13.1. The third kappa shape index (κ3) is 6.56. The van der Waals surface area contributed by atoms with Crippen molar-refractivity contribution in [2.75, 3.05) is 14.1 Å². The molecule has 3 N–H and O–H groups in total. The molecule has 0 atom stereocenters. The number of amides is 1. The molecule has 1 amide bonds. The van der Waals surface area contributed by atoms with Gasteiger partial charge in [-0.15, -0.1) is 12.6 Å². The Morgan fingerprint density at radius 3 is 2.50 bits per heavy atom. The van der Waals surface area contributed by atoms with Gasteiger partial charge >= 0.3 is 6.09 Å². The molecule has 0 unspecified atom stereocenters. The van der Waals surface area contributed by atoms with Crippen LogP contribution in [0.4, 0.5) is 4.79 Å². The predicted molar refractivity (Wildman–Crippen MR) is 135 cm³/mol. The normalized spacial score (nSPS) is 10.5. The number of hydrogen-bond donors (Lipinski definition) is 4. The number of fused-ring (bicyclic) bond motifs is 1. The van der Waals surface area contributed by atoms with Gasteiger partial charge in [0, 0.05) is 51.9 Å². The molecule has 4 rings (SSSR count). The Morgan fingerprint density at radius 1 is 1.06 bits per heavy atom. The molecule has 7 heteroatoms. The van der Waals surface area contributed by atoms with Crippen LogP contribution in [0.2, 0.25) is 0 Å². The number of rotatable bonds is 6. The van der Waals surface area contributed by atoms with Crippen LogP contribution < -0.4 is 5.32 Å². The SMILES string of the molecule is CN(Cc1ccccc1S)C(=O)O.CNCc1ccccc1Sc1ccc2[nH]ccc2c1. The summed E-state index contributed by atoms with van der Waals surface area (Å²) in [6, 6.07) is 24.6. The van der Waals surface area contributed by atoms with Crippen molar-refractivity contribution in [1.82, 2.24) is 15.2 Å². The minimum absolute atomic E-state index is 0.370. The summed E-state index contributed by atoms with van der Waals surface area (Å²) in [7, 11) is 3.51. The van der Waals surface area contributed by atoms with Gasteiger partial charge in [-0.25, -0.2) is 4.79 Å².